The van der Waals surface area contributed by atoms with Gasteiger partial charge in [-0.3, -0.25) is 0 Å². The molecule has 0 spiro atoms. The van der Waals surface area contributed by atoms with Crippen LogP contribution in [0.25, 0.3) is 0 Å². The van der Waals surface area contributed by atoms with Crippen molar-refractivity contribution in [2.75, 3.05) is 13.7 Å². The highest BCUT2D eigenvalue weighted by Crippen LogP contribution is 2.18. The Kier molecular flexibility index (Phi) is 5.84. The molecular weight excluding hydrogens is 212 g/mol. The summed E-state index contributed by atoms with van der Waals surface area (Å²) in [5, 5.41) is 12.3. The minimum absolute atomic E-state index is 0.581. The van der Waals surface area contributed by atoms with Crippen LogP contribution in [-0.4, -0.2) is 13.7 Å². The minimum atomic E-state index is 0.581. The molecule has 17 heavy (non-hydrogen) atoms. The molecule has 0 aliphatic rings. The molecule has 0 fully saturated rings. The number of ether oxygens (including phenoxy) is 1. The Hall–Kier alpha value is -1.79. The van der Waals surface area contributed by atoms with E-state index < -0.39 is 0 Å². The van der Waals surface area contributed by atoms with Gasteiger partial charge in [-0.1, -0.05) is 12.1 Å². The van der Waals surface area contributed by atoms with Crippen LogP contribution in [0.5, 0.6) is 5.75 Å². The minimum Gasteiger partial charge on any atom is -0.495 e. The summed E-state index contributed by atoms with van der Waals surface area (Å²) >= 11 is 0. The van der Waals surface area contributed by atoms with Crippen molar-refractivity contribution >= 4 is 0 Å². The fourth-order valence-corrected chi connectivity index (χ4v) is 1.56. The summed E-state index contributed by atoms with van der Waals surface area (Å²) in [6.07, 6.45) is 4.03. The number of nitrogens with zero attached hydrogens (tertiary/aromatic N) is 1. The number of unbranched alkanes of at least 4 members (excludes halogenated alkanes) is 1. The standard InChI is InChI=1S/C14H18N2O/c1-3-4-5-8-16-11-12-6-7-14(17-2)13(9-12)10-15/h3,6-7,9,16H,1,4-5,8,11H2,2H3. The Balaban J connectivity index is 2.49. The summed E-state index contributed by atoms with van der Waals surface area (Å²) in [6.45, 7) is 5.41. The van der Waals surface area contributed by atoms with Crippen LogP contribution in [0.3, 0.4) is 0 Å². The molecule has 1 N–H and O–H groups in total. The Morgan fingerprint density at radius 3 is 3.00 bits per heavy atom. The van der Waals surface area contributed by atoms with Gasteiger partial charge in [0.1, 0.15) is 11.8 Å². The molecule has 3 heteroatoms. The quantitative estimate of drug-likeness (QED) is 0.578. The van der Waals surface area contributed by atoms with E-state index in [2.05, 4.69) is 18.0 Å². The number of hydrogen-bond donors (Lipinski definition) is 1. The average Bonchev–Trinajstić information content (AvgIpc) is 2.38. The molecule has 0 aliphatic carbocycles. The van der Waals surface area contributed by atoms with Crippen molar-refractivity contribution in [1.82, 2.24) is 5.32 Å². The molecule has 0 atom stereocenters. The van der Waals surface area contributed by atoms with Gasteiger partial charge >= 0.3 is 0 Å². The van der Waals surface area contributed by atoms with E-state index in [4.69, 9.17) is 10.00 Å². The molecule has 0 unspecified atom stereocenters. The van der Waals surface area contributed by atoms with Crippen LogP contribution < -0.4 is 10.1 Å². The van der Waals surface area contributed by atoms with Crippen molar-refractivity contribution in [2.24, 2.45) is 0 Å². The zero-order valence-corrected chi connectivity index (χ0v) is 10.2. The smallest absolute Gasteiger partial charge is 0.136 e. The van der Waals surface area contributed by atoms with Crippen molar-refractivity contribution in [3.63, 3.8) is 0 Å². The molecule has 1 aromatic rings. The van der Waals surface area contributed by atoms with E-state index in [0.717, 1.165) is 31.5 Å². The van der Waals surface area contributed by atoms with E-state index in [9.17, 15) is 0 Å². The Labute approximate surface area is 103 Å². The maximum Gasteiger partial charge on any atom is 0.136 e. The van der Waals surface area contributed by atoms with Crippen molar-refractivity contribution in [3.05, 3.63) is 42.0 Å². The van der Waals surface area contributed by atoms with Crippen molar-refractivity contribution in [1.29, 1.82) is 5.26 Å². The van der Waals surface area contributed by atoms with Crippen LogP contribution >= 0.6 is 0 Å². The molecule has 0 amide bonds. The average molecular weight is 230 g/mol. The summed E-state index contributed by atoms with van der Waals surface area (Å²) in [4.78, 5) is 0. The van der Waals surface area contributed by atoms with Gasteiger partial charge in [0.05, 0.1) is 12.7 Å². The van der Waals surface area contributed by atoms with Crippen LogP contribution in [-0.2, 0) is 6.54 Å². The van der Waals surface area contributed by atoms with Gasteiger partial charge in [0.25, 0.3) is 0 Å². The van der Waals surface area contributed by atoms with Gasteiger partial charge in [-0.25, -0.2) is 0 Å². The number of benzene rings is 1. The Morgan fingerprint density at radius 1 is 1.53 bits per heavy atom. The number of allylic oxidation sites excluding steroid dienone is 1. The first kappa shape index (κ1) is 13.3. The largest absolute Gasteiger partial charge is 0.495 e. The molecule has 0 heterocycles. The van der Waals surface area contributed by atoms with E-state index >= 15 is 0 Å². The highest BCUT2D eigenvalue weighted by atomic mass is 16.5. The third kappa shape index (κ3) is 4.29. The first-order valence-corrected chi connectivity index (χ1v) is 5.70. The molecule has 0 aromatic heterocycles. The molecule has 1 rings (SSSR count). The maximum absolute atomic E-state index is 8.95. The molecule has 90 valence electrons. The fraction of sp³-hybridized carbons (Fsp3) is 0.357. The predicted octanol–water partition coefficient (Wildman–Crippen LogP) is 2.62. The highest BCUT2D eigenvalue weighted by Gasteiger charge is 2.02. The SMILES string of the molecule is C=CCCCNCc1ccc(OC)c(C#N)c1. The van der Waals surface area contributed by atoms with Crippen molar-refractivity contribution < 1.29 is 4.74 Å². The molecular formula is C14H18N2O. The monoisotopic (exact) mass is 230 g/mol. The van der Waals surface area contributed by atoms with Gasteiger partial charge in [0.15, 0.2) is 0 Å². The third-order valence-corrected chi connectivity index (χ3v) is 2.48. The molecule has 0 saturated carbocycles. The molecule has 3 nitrogen and oxygen atoms in total. The lowest BCUT2D eigenvalue weighted by molar-refractivity contribution is 0.413. The molecule has 0 radical (unpaired) electrons. The van der Waals surface area contributed by atoms with E-state index in [1.54, 1.807) is 7.11 Å². The van der Waals surface area contributed by atoms with Gasteiger partial charge < -0.3 is 10.1 Å². The summed E-state index contributed by atoms with van der Waals surface area (Å²) in [5.74, 6) is 0.628. The molecule has 0 bridgehead atoms. The lowest BCUT2D eigenvalue weighted by Gasteiger charge is -2.07. The van der Waals surface area contributed by atoms with Gasteiger partial charge in [-0.15, -0.1) is 6.58 Å². The topological polar surface area (TPSA) is 45.0 Å². The van der Waals surface area contributed by atoms with E-state index in [0.29, 0.717) is 11.3 Å². The number of hydrogen-bond acceptors (Lipinski definition) is 3. The van der Waals surface area contributed by atoms with Crippen molar-refractivity contribution in [2.45, 2.75) is 19.4 Å². The van der Waals surface area contributed by atoms with E-state index in [1.807, 2.05) is 24.3 Å². The third-order valence-electron chi connectivity index (χ3n) is 2.48. The van der Waals surface area contributed by atoms with Gasteiger partial charge in [-0.05, 0) is 37.1 Å². The first-order valence-electron chi connectivity index (χ1n) is 5.70. The van der Waals surface area contributed by atoms with Gasteiger partial charge in [0.2, 0.25) is 0 Å². The molecule has 0 saturated heterocycles. The number of rotatable bonds is 7. The first-order chi connectivity index (χ1) is 8.31. The van der Waals surface area contributed by atoms with Crippen LogP contribution in [0.15, 0.2) is 30.9 Å². The second-order valence-electron chi connectivity index (χ2n) is 3.75. The Bertz CT molecular complexity index is 407. The normalized spacial score (nSPS) is 9.65. The zero-order chi connectivity index (χ0) is 12.5. The number of nitrogens with one attached hydrogen (secondary N) is 1. The van der Waals surface area contributed by atoms with Crippen LogP contribution in [0.4, 0.5) is 0 Å². The highest BCUT2D eigenvalue weighted by molar-refractivity contribution is 5.45. The van der Waals surface area contributed by atoms with Gasteiger partial charge in [-0.2, -0.15) is 5.26 Å². The summed E-state index contributed by atoms with van der Waals surface area (Å²) in [6, 6.07) is 7.80. The molecule has 1 aromatic carbocycles. The van der Waals surface area contributed by atoms with Crippen LogP contribution in [0.2, 0.25) is 0 Å². The van der Waals surface area contributed by atoms with Crippen LogP contribution in [0, 0.1) is 11.3 Å². The lowest BCUT2D eigenvalue weighted by atomic mass is 10.1. The van der Waals surface area contributed by atoms with E-state index in [-0.39, 0.29) is 0 Å². The zero-order valence-electron chi connectivity index (χ0n) is 10.2. The van der Waals surface area contributed by atoms with E-state index in [1.165, 1.54) is 0 Å². The summed E-state index contributed by atoms with van der Waals surface area (Å²) in [5.41, 5.74) is 1.68. The summed E-state index contributed by atoms with van der Waals surface area (Å²) < 4.78 is 5.09. The summed E-state index contributed by atoms with van der Waals surface area (Å²) in [7, 11) is 1.57. The van der Waals surface area contributed by atoms with Gasteiger partial charge in [0, 0.05) is 6.54 Å². The fourth-order valence-electron chi connectivity index (χ4n) is 1.56. The maximum atomic E-state index is 8.95. The second-order valence-corrected chi connectivity index (χ2v) is 3.75. The Morgan fingerprint density at radius 2 is 2.35 bits per heavy atom. The predicted molar refractivity (Wildman–Crippen MR) is 68.8 cm³/mol. The molecule has 0 aliphatic heterocycles. The van der Waals surface area contributed by atoms with Crippen LogP contribution in [0.1, 0.15) is 24.0 Å². The van der Waals surface area contributed by atoms with Crippen molar-refractivity contribution in [3.8, 4) is 11.8 Å². The second kappa shape index (κ2) is 7.48. The lowest BCUT2D eigenvalue weighted by Crippen LogP contribution is -2.14. The number of methoxy groups -OCH3 is 1. The number of nitriles is 1.